The molecule has 1 heterocycles. The first kappa shape index (κ1) is 15.1. The molecule has 2 N–H and O–H groups in total. The summed E-state index contributed by atoms with van der Waals surface area (Å²) in [5.41, 5.74) is 8.14. The van der Waals surface area contributed by atoms with Crippen LogP contribution in [0.2, 0.25) is 0 Å². The van der Waals surface area contributed by atoms with Crippen LogP contribution in [0.4, 0.5) is 0 Å². The van der Waals surface area contributed by atoms with Crippen molar-refractivity contribution in [3.05, 3.63) is 35.9 Å². The monoisotopic (exact) mass is 286 g/mol. The summed E-state index contributed by atoms with van der Waals surface area (Å²) < 4.78 is 0. The van der Waals surface area contributed by atoms with Crippen molar-refractivity contribution >= 4 is 0 Å². The zero-order valence-electron chi connectivity index (χ0n) is 13.3. The normalized spacial score (nSPS) is 24.0. The largest absolute Gasteiger partial charge is 0.330 e. The fraction of sp³-hybridized carbons (Fsp3) is 0.684. The van der Waals surface area contributed by atoms with Gasteiger partial charge in [-0.15, -0.1) is 0 Å². The molecule has 21 heavy (non-hydrogen) atoms. The molecule has 1 aromatic carbocycles. The van der Waals surface area contributed by atoms with Crippen molar-refractivity contribution in [2.75, 3.05) is 19.6 Å². The SMILES string of the molecule is NCC1(C2CCN(Cc3ccccc3)CC2)CCCCC1. The molecule has 2 nitrogen and oxygen atoms in total. The lowest BCUT2D eigenvalue weighted by Gasteiger charge is -2.46. The number of likely N-dealkylation sites (tertiary alicyclic amines) is 1. The number of nitrogens with zero attached hydrogens (tertiary/aromatic N) is 1. The van der Waals surface area contributed by atoms with E-state index in [0.717, 1.165) is 19.0 Å². The van der Waals surface area contributed by atoms with Crippen molar-refractivity contribution in [3.8, 4) is 0 Å². The Morgan fingerprint density at radius 2 is 1.67 bits per heavy atom. The molecule has 116 valence electrons. The third-order valence-corrected chi connectivity index (χ3v) is 5.96. The van der Waals surface area contributed by atoms with Gasteiger partial charge in [0.05, 0.1) is 0 Å². The van der Waals surface area contributed by atoms with Gasteiger partial charge in [0, 0.05) is 6.54 Å². The summed E-state index contributed by atoms with van der Waals surface area (Å²) in [7, 11) is 0. The average Bonchev–Trinajstić information content (AvgIpc) is 2.57. The minimum absolute atomic E-state index is 0.483. The molecule has 1 aromatic rings. The molecule has 1 saturated heterocycles. The third-order valence-electron chi connectivity index (χ3n) is 5.96. The van der Waals surface area contributed by atoms with Crippen LogP contribution in [0.3, 0.4) is 0 Å². The molecule has 0 unspecified atom stereocenters. The fourth-order valence-corrected chi connectivity index (χ4v) is 4.58. The Balaban J connectivity index is 1.54. The van der Waals surface area contributed by atoms with Gasteiger partial charge in [-0.25, -0.2) is 0 Å². The molecule has 2 fully saturated rings. The van der Waals surface area contributed by atoms with Crippen molar-refractivity contribution in [3.63, 3.8) is 0 Å². The lowest BCUT2D eigenvalue weighted by Crippen LogP contribution is -2.45. The summed E-state index contributed by atoms with van der Waals surface area (Å²) in [6, 6.07) is 10.9. The van der Waals surface area contributed by atoms with Gasteiger partial charge in [-0.05, 0) is 62.2 Å². The van der Waals surface area contributed by atoms with E-state index in [1.165, 1.54) is 63.6 Å². The van der Waals surface area contributed by atoms with Crippen molar-refractivity contribution in [1.82, 2.24) is 4.90 Å². The molecule has 0 spiro atoms. The third kappa shape index (κ3) is 3.49. The van der Waals surface area contributed by atoms with Crippen LogP contribution < -0.4 is 5.73 Å². The minimum Gasteiger partial charge on any atom is -0.330 e. The van der Waals surface area contributed by atoms with Crippen LogP contribution in [-0.2, 0) is 6.54 Å². The fourth-order valence-electron chi connectivity index (χ4n) is 4.58. The Hall–Kier alpha value is -0.860. The number of hydrogen-bond acceptors (Lipinski definition) is 2. The van der Waals surface area contributed by atoms with Gasteiger partial charge in [0.2, 0.25) is 0 Å². The Labute approximate surface area is 129 Å². The Bertz CT molecular complexity index is 414. The van der Waals surface area contributed by atoms with Gasteiger partial charge >= 0.3 is 0 Å². The molecule has 2 aliphatic rings. The zero-order valence-corrected chi connectivity index (χ0v) is 13.3. The van der Waals surface area contributed by atoms with Gasteiger partial charge in [-0.3, -0.25) is 4.90 Å². The quantitative estimate of drug-likeness (QED) is 0.912. The molecule has 1 saturated carbocycles. The first-order valence-electron chi connectivity index (χ1n) is 8.79. The summed E-state index contributed by atoms with van der Waals surface area (Å²) in [5.74, 6) is 0.870. The zero-order chi connectivity index (χ0) is 14.5. The molecule has 1 aliphatic heterocycles. The van der Waals surface area contributed by atoms with E-state index >= 15 is 0 Å². The highest BCUT2D eigenvalue weighted by molar-refractivity contribution is 5.14. The van der Waals surface area contributed by atoms with Crippen LogP contribution >= 0.6 is 0 Å². The van der Waals surface area contributed by atoms with Crippen molar-refractivity contribution < 1.29 is 0 Å². The van der Waals surface area contributed by atoms with Crippen molar-refractivity contribution in [2.45, 2.75) is 51.5 Å². The van der Waals surface area contributed by atoms with Crippen molar-refractivity contribution in [1.29, 1.82) is 0 Å². The van der Waals surface area contributed by atoms with Gasteiger partial charge in [0.15, 0.2) is 0 Å². The number of benzene rings is 1. The van der Waals surface area contributed by atoms with Crippen LogP contribution in [0.15, 0.2) is 30.3 Å². The first-order valence-corrected chi connectivity index (χ1v) is 8.79. The molecule has 0 radical (unpaired) electrons. The molecule has 1 aliphatic carbocycles. The van der Waals surface area contributed by atoms with Gasteiger partial charge in [0.25, 0.3) is 0 Å². The van der Waals surface area contributed by atoms with Gasteiger partial charge < -0.3 is 5.73 Å². The minimum atomic E-state index is 0.483. The number of piperidine rings is 1. The van der Waals surface area contributed by atoms with Crippen LogP contribution in [0.25, 0.3) is 0 Å². The van der Waals surface area contributed by atoms with E-state index in [2.05, 4.69) is 35.2 Å². The second-order valence-electron chi connectivity index (χ2n) is 7.16. The average molecular weight is 286 g/mol. The van der Waals surface area contributed by atoms with E-state index in [1.54, 1.807) is 0 Å². The molecule has 0 atom stereocenters. The Morgan fingerprint density at radius 1 is 1.00 bits per heavy atom. The lowest BCUT2D eigenvalue weighted by molar-refractivity contribution is 0.0457. The molecular formula is C19H30N2. The number of hydrogen-bond donors (Lipinski definition) is 1. The van der Waals surface area contributed by atoms with Gasteiger partial charge in [-0.1, -0.05) is 49.6 Å². The summed E-state index contributed by atoms with van der Waals surface area (Å²) in [5, 5.41) is 0. The summed E-state index contributed by atoms with van der Waals surface area (Å²) in [4.78, 5) is 2.62. The van der Waals surface area contributed by atoms with E-state index in [-0.39, 0.29) is 0 Å². The highest BCUT2D eigenvalue weighted by atomic mass is 15.1. The van der Waals surface area contributed by atoms with E-state index < -0.39 is 0 Å². The van der Waals surface area contributed by atoms with E-state index in [9.17, 15) is 0 Å². The molecule has 0 amide bonds. The molecular weight excluding hydrogens is 256 g/mol. The van der Waals surface area contributed by atoms with Gasteiger partial charge in [-0.2, -0.15) is 0 Å². The summed E-state index contributed by atoms with van der Waals surface area (Å²) >= 11 is 0. The second-order valence-corrected chi connectivity index (χ2v) is 7.16. The topological polar surface area (TPSA) is 29.3 Å². The maximum Gasteiger partial charge on any atom is 0.0233 e. The van der Waals surface area contributed by atoms with Crippen LogP contribution in [0.1, 0.15) is 50.5 Å². The lowest BCUT2D eigenvalue weighted by atomic mass is 9.63. The van der Waals surface area contributed by atoms with E-state index in [4.69, 9.17) is 5.73 Å². The van der Waals surface area contributed by atoms with Crippen LogP contribution in [0.5, 0.6) is 0 Å². The smallest absolute Gasteiger partial charge is 0.0233 e. The van der Waals surface area contributed by atoms with Crippen LogP contribution in [-0.4, -0.2) is 24.5 Å². The molecule has 2 heteroatoms. The highest BCUT2D eigenvalue weighted by Gasteiger charge is 2.39. The van der Waals surface area contributed by atoms with Crippen molar-refractivity contribution in [2.24, 2.45) is 17.1 Å². The molecule has 3 rings (SSSR count). The maximum atomic E-state index is 6.21. The maximum absolute atomic E-state index is 6.21. The number of rotatable bonds is 4. The first-order chi connectivity index (χ1) is 10.3. The van der Waals surface area contributed by atoms with Gasteiger partial charge in [0.1, 0.15) is 0 Å². The number of nitrogens with two attached hydrogens (primary N) is 1. The predicted octanol–water partition coefficient (Wildman–Crippen LogP) is 3.81. The van der Waals surface area contributed by atoms with E-state index in [1.807, 2.05) is 0 Å². The predicted molar refractivity (Wildman–Crippen MR) is 89.0 cm³/mol. The summed E-state index contributed by atoms with van der Waals surface area (Å²) in [6.07, 6.45) is 9.70. The Kier molecular flexibility index (Phi) is 4.97. The second kappa shape index (κ2) is 6.93. The van der Waals surface area contributed by atoms with E-state index in [0.29, 0.717) is 5.41 Å². The highest BCUT2D eigenvalue weighted by Crippen LogP contribution is 2.45. The summed E-state index contributed by atoms with van der Waals surface area (Å²) in [6.45, 7) is 4.53. The molecule has 0 aromatic heterocycles. The Morgan fingerprint density at radius 3 is 2.29 bits per heavy atom. The standard InChI is InChI=1S/C19H30N2/c20-16-19(11-5-2-6-12-19)18-9-13-21(14-10-18)15-17-7-3-1-4-8-17/h1,3-4,7-8,18H,2,5-6,9-16,20H2. The molecule has 0 bridgehead atoms. The van der Waals surface area contributed by atoms with Crippen LogP contribution in [0, 0.1) is 11.3 Å².